The predicted octanol–water partition coefficient (Wildman–Crippen LogP) is 0.827. The maximum Gasteiger partial charge on any atom is 0.329 e. The Labute approximate surface area is 173 Å². The first-order valence-electron chi connectivity index (χ1n) is 10.3. The summed E-state index contributed by atoms with van der Waals surface area (Å²) < 4.78 is 3.41. The SMILES string of the molecule is Cn1c(=O)[nH]c(=O)c2c1nc(SCC[NH+]1CCCCC1)n2CCc1ccccc1. The van der Waals surface area contributed by atoms with Crippen LogP contribution in [0.25, 0.3) is 11.2 Å². The molecule has 3 aromatic rings. The van der Waals surface area contributed by atoms with Crippen molar-refractivity contribution in [3.05, 3.63) is 56.7 Å². The number of thioether (sulfide) groups is 1. The molecule has 0 bridgehead atoms. The van der Waals surface area contributed by atoms with Gasteiger partial charge in [-0.3, -0.25) is 14.3 Å². The van der Waals surface area contributed by atoms with Gasteiger partial charge in [0.05, 0.1) is 25.4 Å². The van der Waals surface area contributed by atoms with Gasteiger partial charge in [0.15, 0.2) is 16.3 Å². The van der Waals surface area contributed by atoms with Crippen molar-refractivity contribution in [2.24, 2.45) is 7.05 Å². The summed E-state index contributed by atoms with van der Waals surface area (Å²) in [6.07, 6.45) is 4.78. The van der Waals surface area contributed by atoms with Crippen molar-refractivity contribution >= 4 is 22.9 Å². The van der Waals surface area contributed by atoms with E-state index in [1.807, 2.05) is 22.8 Å². The number of quaternary nitrogens is 1. The van der Waals surface area contributed by atoms with Crippen LogP contribution < -0.4 is 16.1 Å². The molecule has 1 saturated heterocycles. The number of hydrogen-bond acceptors (Lipinski definition) is 4. The summed E-state index contributed by atoms with van der Waals surface area (Å²) in [7, 11) is 1.65. The molecule has 3 heterocycles. The van der Waals surface area contributed by atoms with Crippen LogP contribution in [0, 0.1) is 0 Å². The largest absolute Gasteiger partial charge is 0.334 e. The number of piperidine rings is 1. The van der Waals surface area contributed by atoms with E-state index in [1.54, 1.807) is 23.7 Å². The van der Waals surface area contributed by atoms with Gasteiger partial charge in [-0.25, -0.2) is 9.78 Å². The molecule has 154 valence electrons. The third-order valence-electron chi connectivity index (χ3n) is 5.69. The number of imidazole rings is 1. The number of aromatic nitrogens is 4. The summed E-state index contributed by atoms with van der Waals surface area (Å²) in [5.41, 5.74) is 1.36. The summed E-state index contributed by atoms with van der Waals surface area (Å²) in [6, 6.07) is 10.2. The lowest BCUT2D eigenvalue weighted by molar-refractivity contribution is -0.902. The van der Waals surface area contributed by atoms with Gasteiger partial charge in [0.2, 0.25) is 0 Å². The molecule has 2 N–H and O–H groups in total. The molecule has 1 aliphatic rings. The highest BCUT2D eigenvalue weighted by atomic mass is 32.2. The molecule has 2 aromatic heterocycles. The van der Waals surface area contributed by atoms with Gasteiger partial charge >= 0.3 is 5.69 Å². The maximum absolute atomic E-state index is 12.6. The van der Waals surface area contributed by atoms with Crippen molar-refractivity contribution in [1.82, 2.24) is 19.1 Å². The molecule has 0 saturated carbocycles. The van der Waals surface area contributed by atoms with Gasteiger partial charge < -0.3 is 9.47 Å². The Bertz CT molecular complexity index is 1080. The first-order chi connectivity index (χ1) is 14.1. The average molecular weight is 415 g/mol. The Morgan fingerprint density at radius 1 is 1.14 bits per heavy atom. The third-order valence-corrected chi connectivity index (χ3v) is 6.66. The highest BCUT2D eigenvalue weighted by molar-refractivity contribution is 7.99. The van der Waals surface area contributed by atoms with Crippen LogP contribution in [0.15, 0.2) is 45.1 Å². The number of hydrogen-bond donors (Lipinski definition) is 2. The van der Waals surface area contributed by atoms with Crippen LogP contribution in [-0.2, 0) is 20.0 Å². The Kier molecular flexibility index (Phi) is 6.20. The summed E-state index contributed by atoms with van der Waals surface area (Å²) in [5, 5.41) is 0.819. The second-order valence-electron chi connectivity index (χ2n) is 7.68. The molecule has 0 atom stereocenters. The molecule has 0 radical (unpaired) electrons. The second kappa shape index (κ2) is 9.00. The number of likely N-dealkylation sites (tertiary alicyclic amines) is 1. The minimum Gasteiger partial charge on any atom is -0.334 e. The first kappa shape index (κ1) is 20.0. The van der Waals surface area contributed by atoms with Gasteiger partial charge in [-0.15, -0.1) is 0 Å². The molecule has 4 rings (SSSR count). The van der Waals surface area contributed by atoms with E-state index in [0.717, 1.165) is 23.9 Å². The number of aryl methyl sites for hydroxylation is 3. The number of benzene rings is 1. The normalized spacial score (nSPS) is 15.2. The van der Waals surface area contributed by atoms with E-state index in [-0.39, 0.29) is 5.56 Å². The van der Waals surface area contributed by atoms with Crippen LogP contribution in [0.2, 0.25) is 0 Å². The van der Waals surface area contributed by atoms with Gasteiger partial charge in [-0.05, 0) is 31.2 Å². The van der Waals surface area contributed by atoms with Crippen LogP contribution in [0.4, 0.5) is 0 Å². The van der Waals surface area contributed by atoms with Crippen LogP contribution in [0.1, 0.15) is 24.8 Å². The van der Waals surface area contributed by atoms with E-state index >= 15 is 0 Å². The minimum absolute atomic E-state index is 0.364. The number of nitrogens with one attached hydrogen (secondary N) is 2. The predicted molar refractivity (Wildman–Crippen MR) is 116 cm³/mol. The Hall–Kier alpha value is -2.32. The van der Waals surface area contributed by atoms with Gasteiger partial charge in [-0.1, -0.05) is 42.1 Å². The smallest absolute Gasteiger partial charge is 0.329 e. The van der Waals surface area contributed by atoms with Crippen LogP contribution in [-0.4, -0.2) is 44.5 Å². The molecule has 8 heteroatoms. The topological polar surface area (TPSA) is 77.1 Å². The molecule has 0 unspecified atom stereocenters. The zero-order valence-electron chi connectivity index (χ0n) is 16.8. The number of H-pyrrole nitrogens is 1. The Morgan fingerprint density at radius 2 is 1.90 bits per heavy atom. The Balaban J connectivity index is 1.60. The van der Waals surface area contributed by atoms with E-state index in [2.05, 4.69) is 22.1 Å². The van der Waals surface area contributed by atoms with Gasteiger partial charge in [-0.2, -0.15) is 0 Å². The van der Waals surface area contributed by atoms with Gasteiger partial charge in [0, 0.05) is 13.6 Å². The molecule has 1 aromatic carbocycles. The zero-order chi connectivity index (χ0) is 20.2. The minimum atomic E-state index is -0.426. The molecule has 29 heavy (non-hydrogen) atoms. The third kappa shape index (κ3) is 4.48. The average Bonchev–Trinajstić information content (AvgIpc) is 3.11. The van der Waals surface area contributed by atoms with E-state index in [1.165, 1.54) is 42.5 Å². The van der Waals surface area contributed by atoms with Crippen molar-refractivity contribution in [2.75, 3.05) is 25.4 Å². The lowest BCUT2D eigenvalue weighted by Crippen LogP contribution is -3.13. The monoisotopic (exact) mass is 414 g/mol. The van der Waals surface area contributed by atoms with Crippen molar-refractivity contribution in [3.63, 3.8) is 0 Å². The lowest BCUT2D eigenvalue weighted by Gasteiger charge is -2.23. The fraction of sp³-hybridized carbons (Fsp3) is 0.476. The van der Waals surface area contributed by atoms with E-state index in [4.69, 9.17) is 0 Å². The maximum atomic E-state index is 12.6. The van der Waals surface area contributed by atoms with Crippen molar-refractivity contribution in [3.8, 4) is 0 Å². The van der Waals surface area contributed by atoms with E-state index in [0.29, 0.717) is 17.7 Å². The van der Waals surface area contributed by atoms with Crippen LogP contribution in [0.5, 0.6) is 0 Å². The van der Waals surface area contributed by atoms with Crippen LogP contribution in [0.3, 0.4) is 0 Å². The number of nitrogens with zero attached hydrogens (tertiary/aromatic N) is 3. The number of rotatable bonds is 7. The number of aromatic amines is 1. The summed E-state index contributed by atoms with van der Waals surface area (Å²) in [5.74, 6) is 0.954. The van der Waals surface area contributed by atoms with Crippen molar-refractivity contribution < 1.29 is 4.90 Å². The van der Waals surface area contributed by atoms with E-state index < -0.39 is 5.69 Å². The molecule has 1 fully saturated rings. The van der Waals surface area contributed by atoms with Gasteiger partial charge in [0.1, 0.15) is 0 Å². The molecule has 0 amide bonds. The summed E-state index contributed by atoms with van der Waals surface area (Å²) >= 11 is 1.69. The molecular formula is C21H28N5O2S+. The van der Waals surface area contributed by atoms with E-state index in [9.17, 15) is 9.59 Å². The highest BCUT2D eigenvalue weighted by Gasteiger charge is 2.19. The first-order valence-corrected chi connectivity index (χ1v) is 11.3. The molecule has 1 aliphatic heterocycles. The van der Waals surface area contributed by atoms with Crippen molar-refractivity contribution in [2.45, 2.75) is 37.4 Å². The molecular weight excluding hydrogens is 386 g/mol. The fourth-order valence-corrected chi connectivity index (χ4v) is 5.07. The molecule has 0 aliphatic carbocycles. The summed E-state index contributed by atoms with van der Waals surface area (Å²) in [4.78, 5) is 33.4. The second-order valence-corrected chi connectivity index (χ2v) is 8.74. The summed E-state index contributed by atoms with van der Waals surface area (Å²) in [6.45, 7) is 4.25. The molecule has 0 spiro atoms. The number of fused-ring (bicyclic) bond motifs is 1. The zero-order valence-corrected chi connectivity index (χ0v) is 17.6. The fourth-order valence-electron chi connectivity index (χ4n) is 4.01. The quantitative estimate of drug-likeness (QED) is 0.562. The van der Waals surface area contributed by atoms with Crippen molar-refractivity contribution in [1.29, 1.82) is 0 Å². The Morgan fingerprint density at radius 3 is 2.66 bits per heavy atom. The standard InChI is InChI=1S/C21H27N5O2S/c1-24-18-17(19(27)23-20(24)28)26(13-10-16-8-4-2-5-9-16)21(22-18)29-15-14-25-11-6-3-7-12-25/h2,4-5,8-9H,3,6-7,10-15H2,1H3,(H,23,27,28)/p+1. The van der Waals surface area contributed by atoms with Gasteiger partial charge in [0.25, 0.3) is 5.56 Å². The molecule has 7 nitrogen and oxygen atoms in total. The van der Waals surface area contributed by atoms with Crippen LogP contribution >= 0.6 is 11.8 Å². The lowest BCUT2D eigenvalue weighted by atomic mass is 10.1. The highest BCUT2D eigenvalue weighted by Crippen LogP contribution is 2.21.